The zero-order valence-corrected chi connectivity index (χ0v) is 18.2. The summed E-state index contributed by atoms with van der Waals surface area (Å²) >= 11 is 5.73. The van der Waals surface area contributed by atoms with E-state index in [-0.39, 0.29) is 29.6 Å². The predicted molar refractivity (Wildman–Crippen MR) is 121 cm³/mol. The number of hydrogen-bond acceptors (Lipinski definition) is 5. The molecule has 2 rings (SSSR count). The van der Waals surface area contributed by atoms with E-state index in [1.807, 2.05) is 30.3 Å². The molecule has 1 aromatic carbocycles. The molecule has 0 bridgehead atoms. The predicted octanol–water partition coefficient (Wildman–Crippen LogP) is -0.188. The second-order valence-corrected chi connectivity index (χ2v) is 7.78. The fourth-order valence-corrected chi connectivity index (χ4v) is 3.61. The van der Waals surface area contributed by atoms with Gasteiger partial charge in [0.2, 0.25) is 11.8 Å². The fourth-order valence-electron chi connectivity index (χ4n) is 3.42. The van der Waals surface area contributed by atoms with Gasteiger partial charge in [-0.3, -0.25) is 19.4 Å². The van der Waals surface area contributed by atoms with Gasteiger partial charge in [-0.2, -0.15) is 0 Å². The van der Waals surface area contributed by atoms with Crippen molar-refractivity contribution in [3.8, 4) is 0 Å². The van der Waals surface area contributed by atoms with Crippen molar-refractivity contribution >= 4 is 35.2 Å². The monoisotopic (exact) mass is 450 g/mol. The SMILES string of the molecule is NC(N)=NCCC[C@H](NC(=O)[C@@H](Cc1ccccc1)NC(=O)[C@@H]1CCCN1)C(=O)CCl. The number of carbonyl (C=O) groups excluding carboxylic acids is 3. The lowest BCUT2D eigenvalue weighted by Gasteiger charge is -2.24. The van der Waals surface area contributed by atoms with Gasteiger partial charge in [-0.25, -0.2) is 0 Å². The maximum Gasteiger partial charge on any atom is 0.243 e. The zero-order chi connectivity index (χ0) is 22.6. The van der Waals surface area contributed by atoms with Crippen molar-refractivity contribution < 1.29 is 14.4 Å². The number of nitrogens with one attached hydrogen (secondary N) is 3. The Morgan fingerprint density at radius 3 is 2.52 bits per heavy atom. The molecule has 1 fully saturated rings. The molecule has 0 spiro atoms. The first-order valence-electron chi connectivity index (χ1n) is 10.4. The van der Waals surface area contributed by atoms with E-state index in [1.54, 1.807) is 0 Å². The van der Waals surface area contributed by atoms with E-state index in [2.05, 4.69) is 20.9 Å². The largest absolute Gasteiger partial charge is 0.370 e. The van der Waals surface area contributed by atoms with Crippen molar-refractivity contribution in [2.75, 3.05) is 19.0 Å². The molecule has 0 aliphatic carbocycles. The molecular weight excluding hydrogens is 420 g/mol. The lowest BCUT2D eigenvalue weighted by atomic mass is 10.0. The number of halogens is 1. The van der Waals surface area contributed by atoms with E-state index in [9.17, 15) is 14.4 Å². The van der Waals surface area contributed by atoms with Crippen LogP contribution >= 0.6 is 11.6 Å². The quantitative estimate of drug-likeness (QED) is 0.129. The molecule has 1 saturated heterocycles. The first-order valence-corrected chi connectivity index (χ1v) is 11.0. The van der Waals surface area contributed by atoms with Gasteiger partial charge in [-0.1, -0.05) is 30.3 Å². The third kappa shape index (κ3) is 8.55. The molecule has 1 aromatic rings. The molecule has 10 heteroatoms. The standard InChI is InChI=1S/C21H31ClN6O3/c22-13-18(29)15(8-4-11-26-21(23)24)27-20(31)17(12-14-6-2-1-3-7-14)28-19(30)16-9-5-10-25-16/h1-3,6-7,15-17,25H,4-5,8-13H2,(H,27,31)(H,28,30)(H4,23,24,26)/t15-,16-,17+/m0/s1. The van der Waals surface area contributed by atoms with E-state index in [0.717, 1.165) is 24.9 Å². The van der Waals surface area contributed by atoms with Crippen molar-refractivity contribution in [1.29, 1.82) is 0 Å². The molecule has 7 N–H and O–H groups in total. The Labute approximate surface area is 187 Å². The van der Waals surface area contributed by atoms with Crippen LogP contribution in [0.4, 0.5) is 0 Å². The first-order chi connectivity index (χ1) is 14.9. The van der Waals surface area contributed by atoms with Crippen LogP contribution in [0.5, 0.6) is 0 Å². The van der Waals surface area contributed by atoms with E-state index < -0.39 is 18.0 Å². The molecule has 31 heavy (non-hydrogen) atoms. The Morgan fingerprint density at radius 2 is 1.90 bits per heavy atom. The van der Waals surface area contributed by atoms with Crippen LogP contribution in [0.15, 0.2) is 35.3 Å². The third-order valence-electron chi connectivity index (χ3n) is 5.07. The smallest absolute Gasteiger partial charge is 0.243 e. The van der Waals surface area contributed by atoms with Crippen LogP contribution in [-0.2, 0) is 20.8 Å². The van der Waals surface area contributed by atoms with Crippen LogP contribution in [-0.4, -0.2) is 60.7 Å². The van der Waals surface area contributed by atoms with Crippen molar-refractivity contribution in [2.24, 2.45) is 16.5 Å². The average molecular weight is 451 g/mol. The number of nitrogens with two attached hydrogens (primary N) is 2. The van der Waals surface area contributed by atoms with Gasteiger partial charge >= 0.3 is 0 Å². The molecule has 0 aromatic heterocycles. The van der Waals surface area contributed by atoms with Crippen LogP contribution in [0.25, 0.3) is 0 Å². The summed E-state index contributed by atoms with van der Waals surface area (Å²) in [7, 11) is 0. The lowest BCUT2D eigenvalue weighted by molar-refractivity contribution is -0.131. The van der Waals surface area contributed by atoms with Crippen LogP contribution in [0.2, 0.25) is 0 Å². The molecule has 2 amide bonds. The maximum absolute atomic E-state index is 13.1. The molecule has 170 valence electrons. The molecule has 1 heterocycles. The summed E-state index contributed by atoms with van der Waals surface area (Å²) in [4.78, 5) is 41.8. The minimum absolute atomic E-state index is 0.0320. The van der Waals surface area contributed by atoms with Crippen molar-refractivity contribution in [2.45, 2.75) is 50.2 Å². The van der Waals surface area contributed by atoms with Gasteiger partial charge in [0.1, 0.15) is 6.04 Å². The first kappa shape index (κ1) is 24.6. The Hall–Kier alpha value is -2.65. The highest BCUT2D eigenvalue weighted by atomic mass is 35.5. The van der Waals surface area contributed by atoms with Gasteiger partial charge in [-0.05, 0) is 37.8 Å². The van der Waals surface area contributed by atoms with Gasteiger partial charge in [-0.15, -0.1) is 11.6 Å². The lowest BCUT2D eigenvalue weighted by Crippen LogP contribution is -2.55. The summed E-state index contributed by atoms with van der Waals surface area (Å²) in [6.07, 6.45) is 2.78. The second kappa shape index (κ2) is 12.9. The number of hydrogen-bond donors (Lipinski definition) is 5. The molecular formula is C21H31ClN6O3. The summed E-state index contributed by atoms with van der Waals surface area (Å²) < 4.78 is 0. The van der Waals surface area contributed by atoms with Crippen molar-refractivity contribution in [3.63, 3.8) is 0 Å². The number of ketones is 1. The molecule has 9 nitrogen and oxygen atoms in total. The Balaban J connectivity index is 2.07. The number of aliphatic imine (C=N–C) groups is 1. The number of Topliss-reactive ketones (excluding diaryl/α,β-unsaturated/α-hetero) is 1. The summed E-state index contributed by atoms with van der Waals surface area (Å²) in [5.74, 6) is -1.21. The van der Waals surface area contributed by atoms with Gasteiger partial charge in [0, 0.05) is 13.0 Å². The molecule has 0 saturated carbocycles. The topological polar surface area (TPSA) is 152 Å². The second-order valence-electron chi connectivity index (χ2n) is 7.51. The Morgan fingerprint density at radius 1 is 1.16 bits per heavy atom. The number of benzene rings is 1. The summed E-state index contributed by atoms with van der Waals surface area (Å²) in [6, 6.07) is 7.48. The van der Waals surface area contributed by atoms with E-state index in [0.29, 0.717) is 25.8 Å². The highest BCUT2D eigenvalue weighted by Gasteiger charge is 2.29. The number of carbonyl (C=O) groups is 3. The Bertz CT molecular complexity index is 764. The van der Waals surface area contributed by atoms with Gasteiger partial charge in [0.15, 0.2) is 11.7 Å². The van der Waals surface area contributed by atoms with Gasteiger partial charge in [0.05, 0.1) is 18.0 Å². The minimum atomic E-state index is -0.819. The van der Waals surface area contributed by atoms with Crippen LogP contribution in [0.1, 0.15) is 31.2 Å². The van der Waals surface area contributed by atoms with E-state index in [1.165, 1.54) is 0 Å². The number of guanidine groups is 1. The maximum atomic E-state index is 13.1. The van der Waals surface area contributed by atoms with Crippen LogP contribution in [0, 0.1) is 0 Å². The summed E-state index contributed by atoms with van der Waals surface area (Å²) in [5.41, 5.74) is 11.5. The molecule has 0 unspecified atom stereocenters. The minimum Gasteiger partial charge on any atom is -0.370 e. The Kier molecular flexibility index (Phi) is 10.3. The molecule has 0 radical (unpaired) electrons. The summed E-state index contributed by atoms with van der Waals surface area (Å²) in [5, 5.41) is 8.72. The average Bonchev–Trinajstić information content (AvgIpc) is 3.30. The van der Waals surface area contributed by atoms with Gasteiger partial charge < -0.3 is 27.4 Å². The third-order valence-corrected chi connectivity index (χ3v) is 5.34. The van der Waals surface area contributed by atoms with Gasteiger partial charge in [0.25, 0.3) is 0 Å². The number of alkyl halides is 1. The van der Waals surface area contributed by atoms with E-state index >= 15 is 0 Å². The molecule has 3 atom stereocenters. The van der Waals surface area contributed by atoms with Crippen molar-refractivity contribution in [1.82, 2.24) is 16.0 Å². The summed E-state index contributed by atoms with van der Waals surface area (Å²) in [6.45, 7) is 1.11. The van der Waals surface area contributed by atoms with E-state index in [4.69, 9.17) is 23.1 Å². The van der Waals surface area contributed by atoms with Crippen LogP contribution < -0.4 is 27.4 Å². The highest BCUT2D eigenvalue weighted by molar-refractivity contribution is 6.28. The normalized spacial score (nSPS) is 17.4. The number of nitrogens with zero attached hydrogens (tertiary/aromatic N) is 1. The molecule has 1 aliphatic rings. The number of amides is 2. The highest BCUT2D eigenvalue weighted by Crippen LogP contribution is 2.09. The molecule has 1 aliphatic heterocycles. The number of rotatable bonds is 12. The van der Waals surface area contributed by atoms with Crippen molar-refractivity contribution in [3.05, 3.63) is 35.9 Å². The fraction of sp³-hybridized carbons (Fsp3) is 0.524. The zero-order valence-electron chi connectivity index (χ0n) is 17.5. The van der Waals surface area contributed by atoms with Crippen LogP contribution in [0.3, 0.4) is 0 Å².